The Labute approximate surface area is 146 Å². The predicted octanol–water partition coefficient (Wildman–Crippen LogP) is 4.27. The molecule has 1 aromatic carbocycles. The molecule has 134 valence electrons. The molecular formula is C15H22Cl2F4N2. The molecule has 1 fully saturated rings. The Morgan fingerprint density at radius 2 is 1.78 bits per heavy atom. The van der Waals surface area contributed by atoms with Crippen LogP contribution in [0.15, 0.2) is 18.2 Å². The van der Waals surface area contributed by atoms with Crippen molar-refractivity contribution in [3.8, 4) is 0 Å². The summed E-state index contributed by atoms with van der Waals surface area (Å²) in [4.78, 5) is 2.05. The van der Waals surface area contributed by atoms with Gasteiger partial charge >= 0.3 is 6.18 Å². The number of nitrogens with zero attached hydrogens (tertiary/aromatic N) is 1. The molecule has 0 unspecified atom stereocenters. The molecule has 1 N–H and O–H groups in total. The van der Waals surface area contributed by atoms with Gasteiger partial charge in [-0.1, -0.05) is 12.1 Å². The summed E-state index contributed by atoms with van der Waals surface area (Å²) in [7, 11) is 0. The average molecular weight is 377 g/mol. The lowest BCUT2D eigenvalue weighted by molar-refractivity contribution is -0.138. The average Bonchev–Trinajstić information content (AvgIpc) is 2.43. The van der Waals surface area contributed by atoms with Gasteiger partial charge in [0.15, 0.2) is 0 Å². The molecule has 0 bridgehead atoms. The zero-order chi connectivity index (χ0) is 15.5. The van der Waals surface area contributed by atoms with Crippen LogP contribution in [-0.4, -0.2) is 37.3 Å². The molecule has 1 saturated heterocycles. The molecule has 1 atom stereocenters. The van der Waals surface area contributed by atoms with Gasteiger partial charge in [-0.05, 0) is 30.5 Å². The Bertz CT molecular complexity index is 477. The molecule has 0 spiro atoms. The lowest BCUT2D eigenvalue weighted by Crippen LogP contribution is -2.45. The topological polar surface area (TPSA) is 15.3 Å². The second-order valence-corrected chi connectivity index (χ2v) is 5.46. The van der Waals surface area contributed by atoms with E-state index in [4.69, 9.17) is 0 Å². The minimum atomic E-state index is -4.17. The molecule has 2 rings (SSSR count). The van der Waals surface area contributed by atoms with Crippen molar-refractivity contribution < 1.29 is 17.6 Å². The van der Waals surface area contributed by atoms with Crippen LogP contribution in [-0.2, 0) is 0 Å². The summed E-state index contributed by atoms with van der Waals surface area (Å²) in [6, 6.07) is 4.30. The van der Waals surface area contributed by atoms with Gasteiger partial charge in [0, 0.05) is 38.6 Å². The zero-order valence-corrected chi connectivity index (χ0v) is 14.5. The smallest absolute Gasteiger partial charge is 0.314 e. The van der Waals surface area contributed by atoms with Crippen molar-refractivity contribution >= 4 is 24.8 Å². The second-order valence-electron chi connectivity index (χ2n) is 5.46. The van der Waals surface area contributed by atoms with Crippen molar-refractivity contribution in [2.45, 2.75) is 32.0 Å². The monoisotopic (exact) mass is 376 g/mol. The fourth-order valence-corrected chi connectivity index (χ4v) is 2.73. The number of nitrogens with one attached hydrogen (secondary N) is 1. The van der Waals surface area contributed by atoms with Gasteiger partial charge in [0.2, 0.25) is 0 Å². The predicted molar refractivity (Wildman–Crippen MR) is 88.1 cm³/mol. The molecule has 1 aliphatic rings. The first-order chi connectivity index (χ1) is 9.87. The van der Waals surface area contributed by atoms with Crippen LogP contribution in [0.25, 0.3) is 0 Å². The van der Waals surface area contributed by atoms with Crippen molar-refractivity contribution in [3.63, 3.8) is 0 Å². The summed E-state index contributed by atoms with van der Waals surface area (Å²) in [5.74, 6) is -0.325. The number of alkyl halides is 3. The highest BCUT2D eigenvalue weighted by Crippen LogP contribution is 2.32. The molecule has 0 aromatic heterocycles. The minimum Gasteiger partial charge on any atom is -0.314 e. The van der Waals surface area contributed by atoms with Gasteiger partial charge in [-0.15, -0.1) is 24.8 Å². The maximum absolute atomic E-state index is 13.4. The van der Waals surface area contributed by atoms with E-state index in [2.05, 4.69) is 10.2 Å². The van der Waals surface area contributed by atoms with Gasteiger partial charge in [0.25, 0.3) is 0 Å². The Morgan fingerprint density at radius 1 is 1.17 bits per heavy atom. The summed E-state index contributed by atoms with van der Waals surface area (Å²) in [5.41, 5.74) is 1.24. The molecule has 8 heteroatoms. The SMILES string of the molecule is Cc1cc([C@@H](CCC(F)(F)F)N2CCNCC2)ccc1F.Cl.Cl. The van der Waals surface area contributed by atoms with Gasteiger partial charge in [-0.2, -0.15) is 13.2 Å². The van der Waals surface area contributed by atoms with Gasteiger partial charge in [-0.25, -0.2) is 4.39 Å². The van der Waals surface area contributed by atoms with E-state index in [1.54, 1.807) is 19.1 Å². The lowest BCUT2D eigenvalue weighted by Gasteiger charge is -2.35. The van der Waals surface area contributed by atoms with E-state index in [0.29, 0.717) is 18.7 Å². The van der Waals surface area contributed by atoms with E-state index in [0.717, 1.165) is 18.7 Å². The summed E-state index contributed by atoms with van der Waals surface area (Å²) >= 11 is 0. The number of rotatable bonds is 4. The highest BCUT2D eigenvalue weighted by atomic mass is 35.5. The van der Waals surface area contributed by atoms with E-state index >= 15 is 0 Å². The van der Waals surface area contributed by atoms with E-state index in [9.17, 15) is 17.6 Å². The third-order valence-corrected chi connectivity index (χ3v) is 3.86. The first-order valence-corrected chi connectivity index (χ1v) is 7.14. The van der Waals surface area contributed by atoms with Crippen LogP contribution >= 0.6 is 24.8 Å². The van der Waals surface area contributed by atoms with Crippen molar-refractivity contribution in [2.24, 2.45) is 0 Å². The van der Waals surface area contributed by atoms with Crippen LogP contribution in [0.4, 0.5) is 17.6 Å². The molecule has 1 aliphatic heterocycles. The highest BCUT2D eigenvalue weighted by Gasteiger charge is 2.31. The van der Waals surface area contributed by atoms with Gasteiger partial charge in [-0.3, -0.25) is 4.90 Å². The standard InChI is InChI=1S/C15H20F4N2.2ClH/c1-11-10-12(2-3-13(11)16)14(4-5-15(17,18)19)21-8-6-20-7-9-21;;/h2-3,10,14,20H,4-9H2,1H3;2*1H/t14-;;/m1../s1. The van der Waals surface area contributed by atoms with E-state index in [1.165, 1.54) is 6.07 Å². The first kappa shape index (κ1) is 22.4. The Morgan fingerprint density at radius 3 is 2.30 bits per heavy atom. The van der Waals surface area contributed by atoms with Crippen LogP contribution in [0.5, 0.6) is 0 Å². The fourth-order valence-electron chi connectivity index (χ4n) is 2.73. The molecule has 1 aromatic rings. The summed E-state index contributed by atoms with van der Waals surface area (Å²) in [6.45, 7) is 4.58. The Balaban J connectivity index is 0.00000242. The largest absolute Gasteiger partial charge is 0.389 e. The van der Waals surface area contributed by atoms with Gasteiger partial charge < -0.3 is 5.32 Å². The molecular weight excluding hydrogens is 355 g/mol. The number of halogens is 6. The van der Waals surface area contributed by atoms with Crippen molar-refractivity contribution in [1.29, 1.82) is 0 Å². The van der Waals surface area contributed by atoms with Crippen molar-refractivity contribution in [1.82, 2.24) is 10.2 Å². The number of benzene rings is 1. The highest BCUT2D eigenvalue weighted by molar-refractivity contribution is 5.85. The fraction of sp³-hybridized carbons (Fsp3) is 0.600. The van der Waals surface area contributed by atoms with Crippen LogP contribution in [0.2, 0.25) is 0 Å². The van der Waals surface area contributed by atoms with Gasteiger partial charge in [0.05, 0.1) is 0 Å². The molecule has 1 heterocycles. The van der Waals surface area contributed by atoms with Crippen molar-refractivity contribution in [3.05, 3.63) is 35.1 Å². The summed E-state index contributed by atoms with van der Waals surface area (Å²) in [5, 5.41) is 3.19. The quantitative estimate of drug-likeness (QED) is 0.789. The third-order valence-electron chi connectivity index (χ3n) is 3.86. The van der Waals surface area contributed by atoms with Gasteiger partial charge in [0.1, 0.15) is 5.82 Å². The Kier molecular flexibility index (Phi) is 9.43. The zero-order valence-electron chi connectivity index (χ0n) is 12.8. The first-order valence-electron chi connectivity index (χ1n) is 7.14. The molecule has 23 heavy (non-hydrogen) atoms. The number of hydrogen-bond acceptors (Lipinski definition) is 2. The molecule has 2 nitrogen and oxygen atoms in total. The maximum Gasteiger partial charge on any atom is 0.389 e. The Hall–Kier alpha value is -0.560. The molecule has 0 aliphatic carbocycles. The maximum atomic E-state index is 13.4. The number of aryl methyl sites for hydroxylation is 1. The molecule has 0 saturated carbocycles. The van der Waals surface area contributed by atoms with Crippen molar-refractivity contribution in [2.75, 3.05) is 26.2 Å². The van der Waals surface area contributed by atoms with Crippen LogP contribution in [0, 0.1) is 12.7 Å². The molecule has 0 amide bonds. The summed E-state index contributed by atoms with van der Waals surface area (Å²) in [6.07, 6.45) is -4.98. The summed E-state index contributed by atoms with van der Waals surface area (Å²) < 4.78 is 51.0. The lowest BCUT2D eigenvalue weighted by atomic mass is 9.97. The minimum absolute atomic E-state index is 0. The number of piperazine rings is 1. The second kappa shape index (κ2) is 9.67. The van der Waals surface area contributed by atoms with Crippen LogP contribution < -0.4 is 5.32 Å². The van der Waals surface area contributed by atoms with E-state index in [-0.39, 0.29) is 43.1 Å². The third kappa shape index (κ3) is 6.83. The van der Waals surface area contributed by atoms with Crippen LogP contribution in [0.3, 0.4) is 0 Å². The normalized spacial score (nSPS) is 17.1. The number of hydrogen-bond donors (Lipinski definition) is 1. The van der Waals surface area contributed by atoms with E-state index in [1.807, 2.05) is 0 Å². The van der Waals surface area contributed by atoms with E-state index < -0.39 is 12.6 Å². The van der Waals surface area contributed by atoms with Crippen LogP contribution in [0.1, 0.15) is 30.0 Å². The molecule has 0 radical (unpaired) electrons.